The maximum Gasteiger partial charge on any atom is 0.296 e. The van der Waals surface area contributed by atoms with Crippen LogP contribution >= 0.6 is 0 Å². The second kappa shape index (κ2) is 8.13. The molecule has 0 saturated heterocycles. The van der Waals surface area contributed by atoms with Gasteiger partial charge >= 0.3 is 0 Å². The number of nitrogens with one attached hydrogen (secondary N) is 1. The van der Waals surface area contributed by atoms with Gasteiger partial charge in [-0.1, -0.05) is 6.07 Å². The van der Waals surface area contributed by atoms with Gasteiger partial charge in [-0.05, 0) is 31.5 Å². The molecule has 168 valence electrons. The van der Waals surface area contributed by atoms with Crippen LogP contribution in [0.15, 0.2) is 29.3 Å². The molecule has 11 nitrogen and oxygen atoms in total. The van der Waals surface area contributed by atoms with Gasteiger partial charge in [-0.25, -0.2) is 19.0 Å². The van der Waals surface area contributed by atoms with Crippen molar-refractivity contribution in [1.82, 2.24) is 29.6 Å². The molecule has 3 heterocycles. The molecule has 1 aromatic carbocycles. The quantitative estimate of drug-likeness (QED) is 0.512. The van der Waals surface area contributed by atoms with Crippen molar-refractivity contribution in [2.75, 3.05) is 6.61 Å². The van der Waals surface area contributed by atoms with E-state index in [1.807, 2.05) is 0 Å². The summed E-state index contributed by atoms with van der Waals surface area (Å²) in [5, 5.41) is 26.3. The molecule has 12 heteroatoms. The van der Waals surface area contributed by atoms with Crippen LogP contribution in [-0.4, -0.2) is 47.0 Å². The number of halogens is 1. The minimum Gasteiger partial charge on any atom is -0.501 e. The minimum atomic E-state index is -0.919. The lowest BCUT2D eigenvalue weighted by atomic mass is 10.1. The number of aliphatic hydroxyl groups is 1. The second-order valence-electron chi connectivity index (χ2n) is 7.65. The molecule has 0 spiro atoms. The maximum absolute atomic E-state index is 13.9. The van der Waals surface area contributed by atoms with E-state index in [2.05, 4.69) is 20.4 Å². The molecule has 0 radical (unpaired) electrons. The Bertz CT molecular complexity index is 1250. The normalized spacial score (nSPS) is 14.8. The molecule has 0 aliphatic carbocycles. The number of hydrogen-bond acceptors (Lipinski definition) is 8. The molecule has 1 amide bonds. The van der Waals surface area contributed by atoms with Gasteiger partial charge < -0.3 is 20.3 Å². The first-order valence-corrected chi connectivity index (χ1v) is 9.78. The van der Waals surface area contributed by atoms with Crippen molar-refractivity contribution >= 4 is 5.91 Å². The van der Waals surface area contributed by atoms with Gasteiger partial charge in [0.05, 0.1) is 18.8 Å². The summed E-state index contributed by atoms with van der Waals surface area (Å²) < 4.78 is 22.0. The number of aromatic hydroxyl groups is 1. The topological polar surface area (TPSA) is 144 Å². The van der Waals surface area contributed by atoms with Crippen LogP contribution in [0.4, 0.5) is 4.39 Å². The van der Waals surface area contributed by atoms with Crippen LogP contribution in [0.2, 0.25) is 0 Å². The summed E-state index contributed by atoms with van der Waals surface area (Å²) in [6.45, 7) is 3.40. The summed E-state index contributed by atoms with van der Waals surface area (Å²) in [6, 6.07) is 3.84. The summed E-state index contributed by atoms with van der Waals surface area (Å²) >= 11 is 0. The van der Waals surface area contributed by atoms with Gasteiger partial charge in [0.2, 0.25) is 5.75 Å². The third-order valence-corrected chi connectivity index (χ3v) is 5.15. The summed E-state index contributed by atoms with van der Waals surface area (Å²) in [7, 11) is 0. The molecular weight excluding hydrogens is 423 g/mol. The number of amides is 1. The number of fused-ring (bicyclic) bond motifs is 1. The molecule has 0 bridgehead atoms. The first-order valence-electron chi connectivity index (χ1n) is 9.78. The third kappa shape index (κ3) is 3.74. The van der Waals surface area contributed by atoms with Gasteiger partial charge in [0.1, 0.15) is 30.2 Å². The van der Waals surface area contributed by atoms with Crippen LogP contribution in [0.25, 0.3) is 5.69 Å². The number of ether oxygens (including phenoxy) is 1. The number of hydrogen-bond donors (Lipinski definition) is 3. The van der Waals surface area contributed by atoms with Crippen LogP contribution < -0.4 is 10.9 Å². The van der Waals surface area contributed by atoms with Crippen molar-refractivity contribution in [3.8, 4) is 11.4 Å². The van der Waals surface area contributed by atoms with E-state index >= 15 is 0 Å². The number of rotatable bonds is 5. The number of aromatic nitrogens is 5. The molecule has 1 aliphatic heterocycles. The van der Waals surface area contributed by atoms with Crippen LogP contribution in [0.3, 0.4) is 0 Å². The lowest BCUT2D eigenvalue weighted by Crippen LogP contribution is -2.42. The molecule has 1 aliphatic rings. The highest BCUT2D eigenvalue weighted by Crippen LogP contribution is 2.27. The highest BCUT2D eigenvalue weighted by atomic mass is 19.1. The minimum absolute atomic E-state index is 0.0986. The Kier molecular flexibility index (Phi) is 5.48. The smallest absolute Gasteiger partial charge is 0.296 e. The molecule has 0 saturated carbocycles. The molecule has 3 N–H and O–H groups in total. The fraction of sp³-hybridized carbons (Fsp3) is 0.350. The fourth-order valence-electron chi connectivity index (χ4n) is 3.54. The number of carbonyl (C=O) groups is 1. The second-order valence-corrected chi connectivity index (χ2v) is 7.65. The van der Waals surface area contributed by atoms with Gasteiger partial charge in [0.25, 0.3) is 11.5 Å². The molecule has 32 heavy (non-hydrogen) atoms. The van der Waals surface area contributed by atoms with Crippen molar-refractivity contribution in [2.45, 2.75) is 39.1 Å². The lowest BCUT2D eigenvalue weighted by Gasteiger charge is -2.32. The van der Waals surface area contributed by atoms with Gasteiger partial charge in [0.15, 0.2) is 11.5 Å². The molecule has 0 atom stereocenters. The SMILES string of the molecule is CC1(C)OCCn2c1nc(C(=O)NCc1ccc(F)cc1-n1ncnc1CO)c(O)c2=O. The fourth-order valence-corrected chi connectivity index (χ4v) is 3.54. The zero-order chi connectivity index (χ0) is 23.0. The van der Waals surface area contributed by atoms with Gasteiger partial charge in [-0.3, -0.25) is 14.2 Å². The van der Waals surface area contributed by atoms with Crippen LogP contribution in [0.1, 0.15) is 41.5 Å². The average molecular weight is 444 g/mol. The number of benzene rings is 1. The molecule has 0 fully saturated rings. The molecular formula is C20H21FN6O5. The Balaban J connectivity index is 1.65. The van der Waals surface area contributed by atoms with Crippen molar-refractivity contribution in [3.63, 3.8) is 0 Å². The molecule has 2 aromatic heterocycles. The zero-order valence-electron chi connectivity index (χ0n) is 17.4. The summed E-state index contributed by atoms with van der Waals surface area (Å²) in [4.78, 5) is 33.5. The average Bonchev–Trinajstić information content (AvgIpc) is 3.24. The van der Waals surface area contributed by atoms with E-state index in [1.54, 1.807) is 13.8 Å². The standard InChI is InChI=1S/C20H21FN6O5/c1-20(2)19-25-15(16(29)18(31)26(19)5-6-32-20)17(30)22-8-11-3-4-12(21)7-13(11)27-14(9-28)23-10-24-27/h3-4,7,10,28-29H,5-6,8-9H2,1-2H3,(H,22,30). The Morgan fingerprint density at radius 3 is 2.91 bits per heavy atom. The summed E-state index contributed by atoms with van der Waals surface area (Å²) in [6.07, 6.45) is 1.21. The van der Waals surface area contributed by atoms with Crippen LogP contribution in [0.5, 0.6) is 5.75 Å². The molecule has 0 unspecified atom stereocenters. The van der Waals surface area contributed by atoms with Crippen molar-refractivity contribution in [3.05, 3.63) is 63.6 Å². The van der Waals surface area contributed by atoms with Crippen LogP contribution in [0, 0.1) is 5.82 Å². The summed E-state index contributed by atoms with van der Waals surface area (Å²) in [5.41, 5.74) is -1.35. The van der Waals surface area contributed by atoms with E-state index in [0.717, 1.165) is 0 Å². The van der Waals surface area contributed by atoms with Crippen molar-refractivity contribution in [1.29, 1.82) is 0 Å². The zero-order valence-corrected chi connectivity index (χ0v) is 17.4. The van der Waals surface area contributed by atoms with E-state index in [0.29, 0.717) is 5.56 Å². The Morgan fingerprint density at radius 1 is 1.38 bits per heavy atom. The highest BCUT2D eigenvalue weighted by Gasteiger charge is 2.34. The van der Waals surface area contributed by atoms with Crippen molar-refractivity contribution < 1.29 is 24.1 Å². The van der Waals surface area contributed by atoms with Gasteiger partial charge in [-0.15, -0.1) is 0 Å². The Morgan fingerprint density at radius 2 is 2.16 bits per heavy atom. The monoisotopic (exact) mass is 444 g/mol. The predicted octanol–water partition coefficient (Wildman–Crippen LogP) is 0.356. The van der Waals surface area contributed by atoms with Gasteiger partial charge in [-0.2, -0.15) is 5.10 Å². The molecule has 3 aromatic rings. The van der Waals surface area contributed by atoms with Gasteiger partial charge in [0, 0.05) is 6.54 Å². The first kappa shape index (κ1) is 21.6. The van der Waals surface area contributed by atoms with Crippen LogP contribution in [-0.2, 0) is 30.0 Å². The Hall–Kier alpha value is -3.64. The first-order chi connectivity index (χ1) is 15.2. The lowest BCUT2D eigenvalue weighted by molar-refractivity contribution is -0.0566. The predicted molar refractivity (Wildman–Crippen MR) is 108 cm³/mol. The maximum atomic E-state index is 13.9. The summed E-state index contributed by atoms with van der Waals surface area (Å²) in [5.74, 6) is -1.68. The van der Waals surface area contributed by atoms with E-state index in [9.17, 15) is 24.2 Å². The van der Waals surface area contributed by atoms with E-state index in [1.165, 1.54) is 33.8 Å². The highest BCUT2D eigenvalue weighted by molar-refractivity contribution is 5.94. The molecule has 4 rings (SSSR count). The third-order valence-electron chi connectivity index (χ3n) is 5.15. The number of nitrogens with zero attached hydrogens (tertiary/aromatic N) is 5. The van der Waals surface area contributed by atoms with Crippen molar-refractivity contribution in [2.24, 2.45) is 0 Å². The largest absolute Gasteiger partial charge is 0.501 e. The van der Waals surface area contributed by atoms with E-state index in [-0.39, 0.29) is 37.0 Å². The number of aliphatic hydroxyl groups excluding tert-OH is 1. The number of carbonyl (C=O) groups excluding carboxylic acids is 1. The van der Waals surface area contributed by atoms with E-state index in [4.69, 9.17) is 4.74 Å². The van der Waals surface area contributed by atoms with E-state index < -0.39 is 40.9 Å². The Labute approximate surface area is 181 Å².